The molecule has 2 aromatic rings. The number of methoxy groups -OCH3 is 1. The van der Waals surface area contributed by atoms with Gasteiger partial charge in [-0.3, -0.25) is 4.98 Å². The monoisotopic (exact) mass is 334 g/mol. The van der Waals surface area contributed by atoms with Gasteiger partial charge in [0.05, 0.1) is 7.11 Å². The number of hydrogen-bond donors (Lipinski definition) is 1. The molecule has 0 saturated heterocycles. The van der Waals surface area contributed by atoms with E-state index in [1.807, 2.05) is 25.4 Å². The summed E-state index contributed by atoms with van der Waals surface area (Å²) in [6.07, 6.45) is 5.63. The summed E-state index contributed by atoms with van der Waals surface area (Å²) in [6.45, 7) is 0. The van der Waals surface area contributed by atoms with E-state index >= 15 is 0 Å². The molecule has 0 aliphatic rings. The summed E-state index contributed by atoms with van der Waals surface area (Å²) in [6, 6.07) is 10.7. The molecular weight excluding hydrogens is 316 g/mol. The molecule has 0 aliphatic carbocycles. The fourth-order valence-electron chi connectivity index (χ4n) is 2.21. The van der Waals surface area contributed by atoms with Gasteiger partial charge < -0.3 is 10.1 Å². The van der Waals surface area contributed by atoms with Crippen LogP contribution in [0.1, 0.15) is 11.1 Å². The van der Waals surface area contributed by atoms with Crippen LogP contribution in [0.4, 0.5) is 0 Å². The Bertz CT molecular complexity index is 560. The highest BCUT2D eigenvalue weighted by molar-refractivity contribution is 9.10. The van der Waals surface area contributed by atoms with Crippen molar-refractivity contribution in [2.45, 2.75) is 18.9 Å². The van der Waals surface area contributed by atoms with Crippen molar-refractivity contribution in [3.8, 4) is 5.75 Å². The Labute approximate surface area is 128 Å². The minimum atomic E-state index is 0.373. The van der Waals surface area contributed by atoms with E-state index in [-0.39, 0.29) is 0 Å². The Morgan fingerprint density at radius 3 is 2.70 bits per heavy atom. The molecule has 0 bridgehead atoms. The number of halogens is 1. The highest BCUT2D eigenvalue weighted by Crippen LogP contribution is 2.16. The summed E-state index contributed by atoms with van der Waals surface area (Å²) < 4.78 is 6.29. The van der Waals surface area contributed by atoms with Gasteiger partial charge in [-0.1, -0.05) is 12.1 Å². The number of rotatable bonds is 6. The lowest BCUT2D eigenvalue weighted by molar-refractivity contribution is 0.414. The molecule has 1 aromatic heterocycles. The van der Waals surface area contributed by atoms with Crippen LogP contribution >= 0.6 is 15.9 Å². The average Bonchev–Trinajstić information content (AvgIpc) is 2.47. The van der Waals surface area contributed by atoms with Crippen LogP contribution in [-0.2, 0) is 12.8 Å². The van der Waals surface area contributed by atoms with Crippen molar-refractivity contribution in [2.75, 3.05) is 14.2 Å². The predicted octanol–water partition coefficient (Wildman–Crippen LogP) is 3.23. The minimum Gasteiger partial charge on any atom is -0.497 e. The lowest BCUT2D eigenvalue weighted by Gasteiger charge is -2.16. The number of ether oxygens (including phenoxy) is 1. The van der Waals surface area contributed by atoms with Crippen molar-refractivity contribution in [1.82, 2.24) is 10.3 Å². The average molecular weight is 335 g/mol. The van der Waals surface area contributed by atoms with Crippen LogP contribution in [0.5, 0.6) is 5.75 Å². The smallest absolute Gasteiger partial charge is 0.119 e. The predicted molar refractivity (Wildman–Crippen MR) is 85.2 cm³/mol. The third-order valence-electron chi connectivity index (χ3n) is 3.27. The van der Waals surface area contributed by atoms with E-state index in [4.69, 9.17) is 4.74 Å². The van der Waals surface area contributed by atoms with Gasteiger partial charge in [0.15, 0.2) is 0 Å². The molecule has 106 valence electrons. The molecule has 20 heavy (non-hydrogen) atoms. The number of likely N-dealkylation sites (N-methyl/N-ethyl adjacent to an activating group) is 1. The molecule has 2 rings (SSSR count). The van der Waals surface area contributed by atoms with E-state index in [1.165, 1.54) is 11.1 Å². The Kier molecular flexibility index (Phi) is 5.56. The molecule has 0 saturated carbocycles. The molecule has 0 spiro atoms. The molecule has 0 fully saturated rings. The summed E-state index contributed by atoms with van der Waals surface area (Å²) in [5.41, 5.74) is 2.49. The van der Waals surface area contributed by atoms with Crippen molar-refractivity contribution in [2.24, 2.45) is 0 Å². The van der Waals surface area contributed by atoms with Crippen LogP contribution in [0.3, 0.4) is 0 Å². The third kappa shape index (κ3) is 4.32. The van der Waals surface area contributed by atoms with Gasteiger partial charge in [0.25, 0.3) is 0 Å². The first-order valence-electron chi connectivity index (χ1n) is 6.61. The maximum Gasteiger partial charge on any atom is 0.119 e. The lowest BCUT2D eigenvalue weighted by Crippen LogP contribution is -2.29. The van der Waals surface area contributed by atoms with Gasteiger partial charge in [0, 0.05) is 22.9 Å². The Morgan fingerprint density at radius 1 is 1.20 bits per heavy atom. The largest absolute Gasteiger partial charge is 0.497 e. The summed E-state index contributed by atoms with van der Waals surface area (Å²) >= 11 is 3.46. The van der Waals surface area contributed by atoms with Crippen molar-refractivity contribution < 1.29 is 4.74 Å². The first-order valence-corrected chi connectivity index (χ1v) is 7.40. The maximum absolute atomic E-state index is 5.27. The van der Waals surface area contributed by atoms with Gasteiger partial charge in [-0.2, -0.15) is 0 Å². The van der Waals surface area contributed by atoms with E-state index in [1.54, 1.807) is 13.3 Å². The molecule has 0 amide bonds. The standard InChI is InChI=1S/C16H19BrN2O/c1-18-15(8-13-6-14(17)11-19-10-13)7-12-4-3-5-16(9-12)20-2/h3-6,9-11,15,18H,7-8H2,1-2H3. The number of benzene rings is 1. The molecule has 3 nitrogen and oxygen atoms in total. The van der Waals surface area contributed by atoms with Crippen LogP contribution in [0.2, 0.25) is 0 Å². The topological polar surface area (TPSA) is 34.2 Å². The molecule has 0 aliphatic heterocycles. The number of nitrogens with one attached hydrogen (secondary N) is 1. The van der Waals surface area contributed by atoms with E-state index < -0.39 is 0 Å². The number of hydrogen-bond acceptors (Lipinski definition) is 3. The molecular formula is C16H19BrN2O. The van der Waals surface area contributed by atoms with Crippen LogP contribution < -0.4 is 10.1 Å². The first-order chi connectivity index (χ1) is 9.71. The van der Waals surface area contributed by atoms with Crippen LogP contribution in [0, 0.1) is 0 Å². The fraction of sp³-hybridized carbons (Fsp3) is 0.312. The number of aromatic nitrogens is 1. The van der Waals surface area contributed by atoms with Crippen molar-refractivity contribution in [3.05, 3.63) is 58.3 Å². The molecule has 1 aromatic carbocycles. The van der Waals surface area contributed by atoms with Gasteiger partial charge >= 0.3 is 0 Å². The normalized spacial score (nSPS) is 12.2. The van der Waals surface area contributed by atoms with Crippen LogP contribution in [-0.4, -0.2) is 25.2 Å². The summed E-state index contributed by atoms with van der Waals surface area (Å²) in [7, 11) is 3.69. The molecule has 0 radical (unpaired) electrons. The molecule has 1 unspecified atom stereocenters. The Morgan fingerprint density at radius 2 is 2.00 bits per heavy atom. The van der Waals surface area contributed by atoms with Crippen molar-refractivity contribution in [1.29, 1.82) is 0 Å². The quantitative estimate of drug-likeness (QED) is 0.880. The third-order valence-corrected chi connectivity index (χ3v) is 3.70. The van der Waals surface area contributed by atoms with Gasteiger partial charge in [0.2, 0.25) is 0 Å². The highest BCUT2D eigenvalue weighted by Gasteiger charge is 2.09. The Hall–Kier alpha value is -1.39. The number of nitrogens with zero attached hydrogens (tertiary/aromatic N) is 1. The van der Waals surface area contributed by atoms with Crippen molar-refractivity contribution >= 4 is 15.9 Å². The second-order valence-electron chi connectivity index (χ2n) is 4.76. The molecule has 1 atom stereocenters. The lowest BCUT2D eigenvalue weighted by atomic mass is 10.00. The van der Waals surface area contributed by atoms with Crippen LogP contribution in [0.25, 0.3) is 0 Å². The second-order valence-corrected chi connectivity index (χ2v) is 5.67. The van der Waals surface area contributed by atoms with Crippen molar-refractivity contribution in [3.63, 3.8) is 0 Å². The van der Waals surface area contributed by atoms with E-state index in [9.17, 15) is 0 Å². The zero-order chi connectivity index (χ0) is 14.4. The van der Waals surface area contributed by atoms with Gasteiger partial charge in [-0.15, -0.1) is 0 Å². The Balaban J connectivity index is 2.05. The van der Waals surface area contributed by atoms with E-state index in [0.29, 0.717) is 6.04 Å². The number of pyridine rings is 1. The maximum atomic E-state index is 5.27. The second kappa shape index (κ2) is 7.41. The summed E-state index contributed by atoms with van der Waals surface area (Å²) in [4.78, 5) is 4.21. The summed E-state index contributed by atoms with van der Waals surface area (Å²) in [5, 5.41) is 3.37. The van der Waals surface area contributed by atoms with Gasteiger partial charge in [-0.25, -0.2) is 0 Å². The van der Waals surface area contributed by atoms with Gasteiger partial charge in [-0.05, 0) is 65.1 Å². The molecule has 1 N–H and O–H groups in total. The first kappa shape index (κ1) is 15.0. The summed E-state index contributed by atoms with van der Waals surface area (Å²) in [5.74, 6) is 0.904. The zero-order valence-corrected chi connectivity index (χ0v) is 13.4. The highest BCUT2D eigenvalue weighted by atomic mass is 79.9. The van der Waals surface area contributed by atoms with Gasteiger partial charge in [0.1, 0.15) is 5.75 Å². The van der Waals surface area contributed by atoms with E-state index in [2.05, 4.69) is 44.4 Å². The minimum absolute atomic E-state index is 0.373. The molecule has 4 heteroatoms. The van der Waals surface area contributed by atoms with Crippen LogP contribution in [0.15, 0.2) is 47.2 Å². The zero-order valence-electron chi connectivity index (χ0n) is 11.8. The SMILES string of the molecule is CNC(Cc1cncc(Br)c1)Cc1cccc(OC)c1. The van der Waals surface area contributed by atoms with E-state index in [0.717, 1.165) is 23.1 Å². The fourth-order valence-corrected chi connectivity index (χ4v) is 2.62. The molecule has 1 heterocycles.